The van der Waals surface area contributed by atoms with Gasteiger partial charge in [0.1, 0.15) is 0 Å². The third kappa shape index (κ3) is 5.65. The Hall–Kier alpha value is -2.17. The number of piperidine rings is 1. The molecule has 1 amide bonds. The van der Waals surface area contributed by atoms with E-state index in [4.69, 9.17) is 11.6 Å². The lowest BCUT2D eigenvalue weighted by Crippen LogP contribution is -2.38. The van der Waals surface area contributed by atoms with Crippen LogP contribution in [0.15, 0.2) is 54.6 Å². The van der Waals surface area contributed by atoms with Crippen molar-refractivity contribution in [3.63, 3.8) is 0 Å². The molecule has 1 saturated heterocycles. The number of carbonyl (C=O) groups excluding carboxylic acids is 2. The van der Waals surface area contributed by atoms with E-state index in [0.717, 1.165) is 43.6 Å². The molecule has 142 valence electrons. The van der Waals surface area contributed by atoms with Crippen LogP contribution in [0.3, 0.4) is 0 Å². The van der Waals surface area contributed by atoms with Crippen LogP contribution in [-0.2, 0) is 11.3 Å². The van der Waals surface area contributed by atoms with Gasteiger partial charge >= 0.3 is 0 Å². The highest BCUT2D eigenvalue weighted by molar-refractivity contribution is 6.31. The van der Waals surface area contributed by atoms with Crippen molar-refractivity contribution >= 4 is 23.3 Å². The van der Waals surface area contributed by atoms with E-state index in [-0.39, 0.29) is 17.6 Å². The fraction of sp³-hybridized carbons (Fsp3) is 0.364. The molecule has 0 aliphatic carbocycles. The lowest BCUT2D eigenvalue weighted by molar-refractivity contribution is -0.121. The van der Waals surface area contributed by atoms with Gasteiger partial charge in [-0.15, -0.1) is 0 Å². The summed E-state index contributed by atoms with van der Waals surface area (Å²) in [5, 5.41) is 3.59. The van der Waals surface area contributed by atoms with Crippen molar-refractivity contribution in [2.75, 3.05) is 19.6 Å². The van der Waals surface area contributed by atoms with Crippen LogP contribution >= 0.6 is 11.6 Å². The van der Waals surface area contributed by atoms with Crippen LogP contribution in [0, 0.1) is 5.92 Å². The highest BCUT2D eigenvalue weighted by Crippen LogP contribution is 2.22. The number of likely N-dealkylation sites (tertiary alicyclic amines) is 1. The summed E-state index contributed by atoms with van der Waals surface area (Å²) >= 11 is 6.10. The number of hydrogen-bond acceptors (Lipinski definition) is 3. The van der Waals surface area contributed by atoms with Gasteiger partial charge in [-0.2, -0.15) is 0 Å². The predicted molar refractivity (Wildman–Crippen MR) is 108 cm³/mol. The smallest absolute Gasteiger partial charge is 0.221 e. The molecular weight excluding hydrogens is 360 g/mol. The molecule has 1 aliphatic rings. The van der Waals surface area contributed by atoms with E-state index in [0.29, 0.717) is 18.0 Å². The van der Waals surface area contributed by atoms with Crippen molar-refractivity contribution < 1.29 is 9.59 Å². The highest BCUT2D eigenvalue weighted by Gasteiger charge is 2.25. The van der Waals surface area contributed by atoms with E-state index in [2.05, 4.69) is 10.2 Å². The van der Waals surface area contributed by atoms with Gasteiger partial charge < -0.3 is 10.2 Å². The molecule has 0 bridgehead atoms. The van der Waals surface area contributed by atoms with Gasteiger partial charge in [0.05, 0.1) is 0 Å². The number of Topliss-reactive ketones (excluding diaryl/α,β-unsaturated/α-hetero) is 1. The Morgan fingerprint density at radius 1 is 1.00 bits per heavy atom. The van der Waals surface area contributed by atoms with Gasteiger partial charge in [-0.05, 0) is 37.6 Å². The van der Waals surface area contributed by atoms with Crippen molar-refractivity contribution in [3.8, 4) is 0 Å². The molecule has 1 aliphatic heterocycles. The van der Waals surface area contributed by atoms with E-state index in [1.54, 1.807) is 0 Å². The van der Waals surface area contributed by atoms with Gasteiger partial charge in [0.15, 0.2) is 5.78 Å². The lowest BCUT2D eigenvalue weighted by atomic mass is 9.89. The molecule has 0 unspecified atom stereocenters. The maximum absolute atomic E-state index is 12.5. The van der Waals surface area contributed by atoms with Crippen molar-refractivity contribution in [2.24, 2.45) is 5.92 Å². The number of nitrogens with one attached hydrogen (secondary N) is 1. The third-order valence-corrected chi connectivity index (χ3v) is 5.47. The topological polar surface area (TPSA) is 49.4 Å². The first-order chi connectivity index (χ1) is 13.1. The van der Waals surface area contributed by atoms with E-state index < -0.39 is 0 Å². The number of hydrogen-bond donors (Lipinski definition) is 1. The first-order valence-corrected chi connectivity index (χ1v) is 9.83. The largest absolute Gasteiger partial charge is 0.352 e. The van der Waals surface area contributed by atoms with Gasteiger partial charge in [-0.25, -0.2) is 0 Å². The Labute approximate surface area is 165 Å². The number of carbonyl (C=O) groups is 2. The number of nitrogens with zero attached hydrogens (tertiary/aromatic N) is 1. The molecule has 0 saturated carbocycles. The molecule has 3 rings (SSSR count). The minimum atomic E-state index is 0.0254. The maximum Gasteiger partial charge on any atom is 0.221 e. The maximum atomic E-state index is 12.5. The first kappa shape index (κ1) is 19.6. The summed E-state index contributed by atoms with van der Waals surface area (Å²) in [6, 6.07) is 17.0. The van der Waals surface area contributed by atoms with Gasteiger partial charge in [-0.3, -0.25) is 9.59 Å². The van der Waals surface area contributed by atoms with Crippen LogP contribution in [0.4, 0.5) is 0 Å². The quantitative estimate of drug-likeness (QED) is 0.735. The van der Waals surface area contributed by atoms with Gasteiger partial charge in [0.25, 0.3) is 0 Å². The zero-order valence-electron chi connectivity index (χ0n) is 15.4. The van der Waals surface area contributed by atoms with Crippen LogP contribution in [0.2, 0.25) is 5.02 Å². The van der Waals surface area contributed by atoms with Crippen molar-refractivity contribution in [1.82, 2.24) is 10.2 Å². The molecule has 1 N–H and O–H groups in total. The van der Waals surface area contributed by atoms with Crippen LogP contribution in [0.25, 0.3) is 0 Å². The van der Waals surface area contributed by atoms with Gasteiger partial charge in [0.2, 0.25) is 5.91 Å². The zero-order valence-corrected chi connectivity index (χ0v) is 16.1. The second-order valence-corrected chi connectivity index (χ2v) is 7.37. The second kappa shape index (κ2) is 9.67. The Kier molecular flexibility index (Phi) is 7.02. The van der Waals surface area contributed by atoms with E-state index in [1.807, 2.05) is 54.6 Å². The molecule has 2 aromatic rings. The Morgan fingerprint density at radius 3 is 2.37 bits per heavy atom. The normalized spacial score (nSPS) is 15.4. The Balaban J connectivity index is 1.37. The summed E-state index contributed by atoms with van der Waals surface area (Å²) in [6.07, 6.45) is 2.17. The van der Waals surface area contributed by atoms with Crippen molar-refractivity contribution in [2.45, 2.75) is 25.8 Å². The molecule has 0 atom stereocenters. The number of halogens is 1. The minimum absolute atomic E-state index is 0.0254. The molecule has 2 aromatic carbocycles. The molecule has 1 fully saturated rings. The molecular formula is C22H25ClN2O2. The SMILES string of the molecule is O=C(CCN1CCC(C(=O)c2ccccc2)CC1)NCc1ccccc1Cl. The van der Waals surface area contributed by atoms with Crippen LogP contribution in [-0.4, -0.2) is 36.2 Å². The zero-order chi connectivity index (χ0) is 19.1. The fourth-order valence-electron chi connectivity index (χ4n) is 3.44. The minimum Gasteiger partial charge on any atom is -0.352 e. The monoisotopic (exact) mass is 384 g/mol. The summed E-state index contributed by atoms with van der Waals surface area (Å²) in [5.41, 5.74) is 1.72. The van der Waals surface area contributed by atoms with Crippen LogP contribution in [0.1, 0.15) is 35.2 Å². The van der Waals surface area contributed by atoms with Gasteiger partial charge in [0, 0.05) is 36.0 Å². The molecule has 4 nitrogen and oxygen atoms in total. The molecule has 0 spiro atoms. The fourth-order valence-corrected chi connectivity index (χ4v) is 3.64. The van der Waals surface area contributed by atoms with E-state index in [1.165, 1.54) is 0 Å². The summed E-state index contributed by atoms with van der Waals surface area (Å²) in [4.78, 5) is 26.9. The van der Waals surface area contributed by atoms with Crippen molar-refractivity contribution in [3.05, 3.63) is 70.7 Å². The first-order valence-electron chi connectivity index (χ1n) is 9.45. The average molecular weight is 385 g/mol. The van der Waals surface area contributed by atoms with E-state index in [9.17, 15) is 9.59 Å². The number of amides is 1. The lowest BCUT2D eigenvalue weighted by Gasteiger charge is -2.31. The molecule has 1 heterocycles. The second-order valence-electron chi connectivity index (χ2n) is 6.96. The summed E-state index contributed by atoms with van der Waals surface area (Å²) in [7, 11) is 0. The van der Waals surface area contributed by atoms with E-state index >= 15 is 0 Å². The summed E-state index contributed by atoms with van der Waals surface area (Å²) in [6.45, 7) is 2.90. The molecule has 0 radical (unpaired) electrons. The predicted octanol–water partition coefficient (Wildman–Crippen LogP) is 3.94. The summed E-state index contributed by atoms with van der Waals surface area (Å²) in [5.74, 6) is 0.364. The van der Waals surface area contributed by atoms with Crippen LogP contribution in [0.5, 0.6) is 0 Å². The third-order valence-electron chi connectivity index (χ3n) is 5.11. The molecule has 5 heteroatoms. The standard InChI is InChI=1S/C22H25ClN2O2/c23-20-9-5-4-8-19(20)16-24-21(26)12-15-25-13-10-18(11-14-25)22(27)17-6-2-1-3-7-17/h1-9,18H,10-16H2,(H,24,26). The Bertz CT molecular complexity index is 771. The van der Waals surface area contributed by atoms with Gasteiger partial charge in [-0.1, -0.05) is 60.1 Å². The number of rotatable bonds is 7. The average Bonchev–Trinajstić information content (AvgIpc) is 2.72. The molecule has 0 aromatic heterocycles. The highest BCUT2D eigenvalue weighted by atomic mass is 35.5. The van der Waals surface area contributed by atoms with Crippen LogP contribution < -0.4 is 5.32 Å². The number of benzene rings is 2. The van der Waals surface area contributed by atoms with Crippen molar-refractivity contribution in [1.29, 1.82) is 0 Å². The number of ketones is 1. The Morgan fingerprint density at radius 2 is 1.67 bits per heavy atom. The molecule has 27 heavy (non-hydrogen) atoms. The summed E-state index contributed by atoms with van der Waals surface area (Å²) < 4.78 is 0.